The number of nitriles is 1. The molecular weight excluding hydrogens is 230 g/mol. The molecule has 0 bridgehead atoms. The molecule has 0 saturated carbocycles. The van der Waals surface area contributed by atoms with E-state index in [4.69, 9.17) is 11.0 Å². The summed E-state index contributed by atoms with van der Waals surface area (Å²) in [7, 11) is 0. The Hall–Kier alpha value is -1.87. The van der Waals surface area contributed by atoms with Gasteiger partial charge in [-0.2, -0.15) is 5.26 Å². The van der Waals surface area contributed by atoms with Crippen molar-refractivity contribution in [2.75, 3.05) is 19.6 Å². The topological polar surface area (TPSA) is 87.9 Å². The Balaban J connectivity index is 2.73. The summed E-state index contributed by atoms with van der Waals surface area (Å²) in [5.74, 6) is -0.324. The fraction of sp³-hybridized carbons (Fsp3) is 0.583. The van der Waals surface area contributed by atoms with E-state index in [2.05, 4.69) is 11.1 Å². The molecule has 6 heteroatoms. The Bertz CT molecular complexity index is 434. The second-order valence-corrected chi connectivity index (χ2v) is 4.16. The van der Waals surface area contributed by atoms with E-state index in [1.807, 2.05) is 6.92 Å². The fourth-order valence-corrected chi connectivity index (χ4v) is 1.63. The average Bonchev–Trinajstić information content (AvgIpc) is 2.83. The van der Waals surface area contributed by atoms with Gasteiger partial charge in [-0.25, -0.2) is 4.98 Å². The van der Waals surface area contributed by atoms with E-state index < -0.39 is 0 Å². The Labute approximate surface area is 107 Å². The van der Waals surface area contributed by atoms with Gasteiger partial charge in [-0.3, -0.25) is 4.79 Å². The number of amides is 1. The number of nitrogens with zero attached hydrogens (tertiary/aromatic N) is 4. The smallest absolute Gasteiger partial charge is 0.274 e. The summed E-state index contributed by atoms with van der Waals surface area (Å²) in [4.78, 5) is 17.9. The first kappa shape index (κ1) is 14.2. The van der Waals surface area contributed by atoms with Gasteiger partial charge in [-0.05, 0) is 13.8 Å². The lowest BCUT2D eigenvalue weighted by Crippen LogP contribution is -2.34. The minimum Gasteiger partial charge on any atom is -0.336 e. The van der Waals surface area contributed by atoms with Gasteiger partial charge in [-0.15, -0.1) is 0 Å². The molecule has 1 aromatic rings. The van der Waals surface area contributed by atoms with Gasteiger partial charge in [0.25, 0.3) is 5.91 Å². The SMILES string of the molecule is CCN(CC(C)C#N)C(=O)c1cn(CCN)cn1. The van der Waals surface area contributed by atoms with E-state index in [0.29, 0.717) is 31.9 Å². The van der Waals surface area contributed by atoms with Crippen molar-refractivity contribution in [2.24, 2.45) is 11.7 Å². The van der Waals surface area contributed by atoms with Gasteiger partial charge in [0, 0.05) is 32.4 Å². The van der Waals surface area contributed by atoms with Crippen LogP contribution >= 0.6 is 0 Å². The molecule has 0 aliphatic heterocycles. The number of nitrogens with two attached hydrogens (primary N) is 1. The van der Waals surface area contributed by atoms with E-state index in [0.717, 1.165) is 0 Å². The van der Waals surface area contributed by atoms with Gasteiger partial charge in [0.05, 0.1) is 18.3 Å². The third-order valence-corrected chi connectivity index (χ3v) is 2.62. The van der Waals surface area contributed by atoms with Gasteiger partial charge in [0.2, 0.25) is 0 Å². The number of imidazole rings is 1. The van der Waals surface area contributed by atoms with Crippen molar-refractivity contribution in [1.29, 1.82) is 5.26 Å². The normalized spacial score (nSPS) is 11.9. The van der Waals surface area contributed by atoms with Gasteiger partial charge in [0.1, 0.15) is 5.69 Å². The maximum absolute atomic E-state index is 12.2. The molecule has 1 atom stereocenters. The van der Waals surface area contributed by atoms with Crippen LogP contribution in [-0.2, 0) is 6.54 Å². The zero-order valence-corrected chi connectivity index (χ0v) is 10.8. The van der Waals surface area contributed by atoms with E-state index in [-0.39, 0.29) is 11.8 Å². The van der Waals surface area contributed by atoms with Gasteiger partial charge in [0.15, 0.2) is 0 Å². The van der Waals surface area contributed by atoms with Gasteiger partial charge >= 0.3 is 0 Å². The van der Waals surface area contributed by atoms with Gasteiger partial charge in [-0.1, -0.05) is 0 Å². The summed E-state index contributed by atoms with van der Waals surface area (Å²) < 4.78 is 1.79. The first-order valence-electron chi connectivity index (χ1n) is 6.03. The third kappa shape index (κ3) is 3.57. The molecule has 18 heavy (non-hydrogen) atoms. The van der Waals surface area contributed by atoms with Crippen molar-refractivity contribution < 1.29 is 4.79 Å². The Morgan fingerprint density at radius 2 is 2.44 bits per heavy atom. The first-order valence-corrected chi connectivity index (χ1v) is 6.03. The second kappa shape index (κ2) is 6.77. The first-order chi connectivity index (χ1) is 8.62. The van der Waals surface area contributed by atoms with Crippen molar-refractivity contribution in [3.63, 3.8) is 0 Å². The van der Waals surface area contributed by atoms with E-state index in [1.54, 1.807) is 28.9 Å². The Kier molecular flexibility index (Phi) is 5.33. The average molecular weight is 249 g/mol. The van der Waals surface area contributed by atoms with Gasteiger partial charge < -0.3 is 15.2 Å². The molecule has 0 fully saturated rings. The summed E-state index contributed by atoms with van der Waals surface area (Å²) in [5.41, 5.74) is 5.83. The van der Waals surface area contributed by atoms with Crippen LogP contribution in [-0.4, -0.2) is 40.0 Å². The zero-order chi connectivity index (χ0) is 13.5. The van der Waals surface area contributed by atoms with Crippen LogP contribution in [0.2, 0.25) is 0 Å². The maximum atomic E-state index is 12.2. The molecule has 1 amide bonds. The standard InChI is InChI=1S/C12H19N5O/c1-3-17(7-10(2)6-14)12(18)11-8-16(5-4-13)9-15-11/h8-10H,3-5,7,13H2,1-2H3. The molecule has 0 aliphatic rings. The second-order valence-electron chi connectivity index (χ2n) is 4.16. The lowest BCUT2D eigenvalue weighted by Gasteiger charge is -2.20. The maximum Gasteiger partial charge on any atom is 0.274 e. The summed E-state index contributed by atoms with van der Waals surface area (Å²) in [5, 5.41) is 8.78. The van der Waals surface area contributed by atoms with Crippen molar-refractivity contribution in [3.05, 3.63) is 18.2 Å². The summed E-state index contributed by atoms with van der Waals surface area (Å²) >= 11 is 0. The van der Waals surface area contributed by atoms with Crippen molar-refractivity contribution in [3.8, 4) is 6.07 Å². The zero-order valence-electron chi connectivity index (χ0n) is 10.8. The molecule has 6 nitrogen and oxygen atoms in total. The molecule has 98 valence electrons. The number of hydrogen-bond donors (Lipinski definition) is 1. The van der Waals surface area contributed by atoms with Crippen LogP contribution in [0.3, 0.4) is 0 Å². The number of carbonyl (C=O) groups is 1. The molecule has 1 heterocycles. The van der Waals surface area contributed by atoms with Crippen molar-refractivity contribution in [2.45, 2.75) is 20.4 Å². The molecule has 0 aliphatic carbocycles. The molecule has 1 rings (SSSR count). The van der Waals surface area contributed by atoms with Crippen LogP contribution in [0.4, 0.5) is 0 Å². The molecule has 0 aromatic carbocycles. The van der Waals surface area contributed by atoms with E-state index >= 15 is 0 Å². The lowest BCUT2D eigenvalue weighted by atomic mass is 10.2. The predicted molar refractivity (Wildman–Crippen MR) is 67.6 cm³/mol. The van der Waals surface area contributed by atoms with Crippen LogP contribution in [0.15, 0.2) is 12.5 Å². The predicted octanol–water partition coefficient (Wildman–Crippen LogP) is 0.464. The highest BCUT2D eigenvalue weighted by Gasteiger charge is 2.18. The van der Waals surface area contributed by atoms with Crippen LogP contribution in [0.5, 0.6) is 0 Å². The lowest BCUT2D eigenvalue weighted by molar-refractivity contribution is 0.0747. The summed E-state index contributed by atoms with van der Waals surface area (Å²) in [6.45, 7) is 5.82. The minimum atomic E-state index is -0.181. The summed E-state index contributed by atoms with van der Waals surface area (Å²) in [6, 6.07) is 2.13. The number of rotatable bonds is 6. The molecule has 0 radical (unpaired) electrons. The van der Waals surface area contributed by atoms with Crippen LogP contribution < -0.4 is 5.73 Å². The molecule has 1 unspecified atom stereocenters. The molecular formula is C12H19N5O. The largest absolute Gasteiger partial charge is 0.336 e. The van der Waals surface area contributed by atoms with Crippen LogP contribution in [0.1, 0.15) is 24.3 Å². The number of hydrogen-bond acceptors (Lipinski definition) is 4. The highest BCUT2D eigenvalue weighted by atomic mass is 16.2. The Morgan fingerprint density at radius 3 is 3.00 bits per heavy atom. The minimum absolute atomic E-state index is 0.143. The number of aromatic nitrogens is 2. The fourth-order valence-electron chi connectivity index (χ4n) is 1.63. The third-order valence-electron chi connectivity index (χ3n) is 2.62. The van der Waals surface area contributed by atoms with E-state index in [1.165, 1.54) is 0 Å². The molecule has 0 spiro atoms. The molecule has 2 N–H and O–H groups in total. The quantitative estimate of drug-likeness (QED) is 0.793. The monoisotopic (exact) mass is 249 g/mol. The van der Waals surface area contributed by atoms with Crippen molar-refractivity contribution in [1.82, 2.24) is 14.5 Å². The van der Waals surface area contributed by atoms with E-state index in [9.17, 15) is 4.79 Å². The van der Waals surface area contributed by atoms with Crippen molar-refractivity contribution >= 4 is 5.91 Å². The molecule has 0 saturated heterocycles. The molecule has 1 aromatic heterocycles. The van der Waals surface area contributed by atoms with Crippen LogP contribution in [0, 0.1) is 17.2 Å². The highest BCUT2D eigenvalue weighted by Crippen LogP contribution is 2.05. The summed E-state index contributed by atoms with van der Waals surface area (Å²) in [6.07, 6.45) is 3.29. The van der Waals surface area contributed by atoms with Crippen LogP contribution in [0.25, 0.3) is 0 Å². The number of carbonyl (C=O) groups excluding carboxylic acids is 1. The highest BCUT2D eigenvalue weighted by molar-refractivity contribution is 5.92. The Morgan fingerprint density at radius 1 is 1.72 bits per heavy atom.